The third-order valence-electron chi connectivity index (χ3n) is 2.58. The molecule has 0 bridgehead atoms. The molecule has 10 N–H and O–H groups in total. The number of aliphatic hydroxyl groups excluding tert-OH is 2. The first-order valence-electron chi connectivity index (χ1n) is 8.50. The van der Waals surface area contributed by atoms with Crippen molar-refractivity contribution < 1.29 is 122 Å². The van der Waals surface area contributed by atoms with E-state index in [0.29, 0.717) is 6.42 Å². The first-order valence-corrected chi connectivity index (χ1v) is 8.50. The van der Waals surface area contributed by atoms with E-state index in [-0.39, 0.29) is 99.3 Å². The van der Waals surface area contributed by atoms with Crippen molar-refractivity contribution >= 4 is 6.29 Å². The van der Waals surface area contributed by atoms with E-state index in [9.17, 15) is 4.79 Å². The van der Waals surface area contributed by atoms with E-state index >= 15 is 0 Å². The van der Waals surface area contributed by atoms with Gasteiger partial charge in [-0.15, -0.1) is 0 Å². The Labute approximate surface area is 251 Å². The van der Waals surface area contributed by atoms with Crippen LogP contribution in [0.25, 0.3) is 0 Å². The first kappa shape index (κ1) is 59.3. The quantitative estimate of drug-likeness (QED) is 0.126. The topological polar surface area (TPSA) is 237 Å². The molecule has 0 fully saturated rings. The second-order valence-corrected chi connectivity index (χ2v) is 4.72. The van der Waals surface area contributed by atoms with Gasteiger partial charge in [-0.3, -0.25) is 16.0 Å². The molecule has 17 heteroatoms. The van der Waals surface area contributed by atoms with Crippen LogP contribution < -0.4 is 16.9 Å². The van der Waals surface area contributed by atoms with Gasteiger partial charge in [0.2, 0.25) is 0 Å². The van der Waals surface area contributed by atoms with Crippen LogP contribution in [0.2, 0.25) is 0 Å². The van der Waals surface area contributed by atoms with Gasteiger partial charge in [-0.1, -0.05) is 70.0 Å². The summed E-state index contributed by atoms with van der Waals surface area (Å²) in [5.41, 5.74) is 4.57. The predicted octanol–water partition coefficient (Wildman–Crippen LogP) is -0.0775. The van der Waals surface area contributed by atoms with Crippen molar-refractivity contribution in [3.8, 4) is 0 Å². The normalized spacial score (nSPS) is 10.3. The van der Waals surface area contributed by atoms with E-state index in [0.717, 1.165) is 25.0 Å². The van der Waals surface area contributed by atoms with Crippen molar-refractivity contribution in [2.75, 3.05) is 0 Å². The van der Waals surface area contributed by atoms with Gasteiger partial charge in [0.1, 0.15) is 0 Å². The summed E-state index contributed by atoms with van der Waals surface area (Å²) in [5, 5.41) is 46.0. The summed E-state index contributed by atoms with van der Waals surface area (Å²) in [6.45, 7) is 12.1. The summed E-state index contributed by atoms with van der Waals surface area (Å²) in [6.07, 6.45) is 5.52. The molecular weight excluding hydrogens is 1140 g/mol. The van der Waals surface area contributed by atoms with E-state index in [1.807, 2.05) is 31.7 Å². The Morgan fingerprint density at radius 3 is 1.64 bits per heavy atom. The number of aliphatic hydroxyl groups is 2. The van der Waals surface area contributed by atoms with Crippen LogP contribution >= 0.6 is 0 Å². The van der Waals surface area contributed by atoms with Crippen molar-refractivity contribution in [3.63, 3.8) is 0 Å². The Morgan fingerprint density at radius 1 is 1.09 bits per heavy atom. The molecule has 0 saturated carbocycles. The zero-order valence-electron chi connectivity index (χ0n) is 18.8. The van der Waals surface area contributed by atoms with Crippen LogP contribution in [0.4, 0.5) is 0 Å². The zero-order chi connectivity index (χ0) is 22.8. The van der Waals surface area contributed by atoms with Gasteiger partial charge >= 0.3 is 0 Å². The number of nitrogens with one attached hydrogen (secondary N) is 2. The van der Waals surface area contributed by atoms with Gasteiger partial charge in [-0.25, -0.2) is 24.2 Å². The summed E-state index contributed by atoms with van der Waals surface area (Å²) in [5.74, 6) is 3.50. The van der Waals surface area contributed by atoms with Crippen LogP contribution in [0.5, 0.6) is 0 Å². The average molecular weight is 1170 g/mol. The van der Waals surface area contributed by atoms with Gasteiger partial charge in [0.15, 0.2) is 0 Å². The molecule has 33 heavy (non-hydrogen) atoms. The number of hydroxylamine groups is 2. The van der Waals surface area contributed by atoms with Crippen molar-refractivity contribution in [1.82, 2.24) is 21.3 Å². The molecule has 0 unspecified atom stereocenters. The number of aryl methyl sites for hydroxylation is 1. The van der Waals surface area contributed by atoms with Crippen molar-refractivity contribution in [3.05, 3.63) is 25.4 Å². The predicted molar refractivity (Wildman–Crippen MR) is 102 cm³/mol. The van der Waals surface area contributed by atoms with Crippen LogP contribution in [0.15, 0.2) is 4.63 Å². The molecule has 13 nitrogen and oxygen atoms in total. The maximum Gasteiger partial charge on any atom is 0 e. The second-order valence-electron chi connectivity index (χ2n) is 4.72. The number of nitrogens with zero attached hydrogens (tertiary/aromatic N) is 2. The molecule has 0 aliphatic rings. The molecule has 3 atom stereocenters. The van der Waals surface area contributed by atoms with Gasteiger partial charge in [0.25, 0.3) is 0 Å². The monoisotopic (exact) mass is 1170 g/mol. The SMILES string of the molecule is CC[C@@H](O)[C-]=O.CC[C@H]([CH-]NO)NO.CCc1[c-]non1.NO.[CH2-][C@H](O)CC.[OH-].[Re].[Re].[Re].[Re]. The molecule has 4 radical (unpaired) electrons. The molecule has 1 aromatic heterocycles. The minimum Gasteiger partial charge on any atom is -0.870 e. The van der Waals surface area contributed by atoms with Crippen molar-refractivity contribution in [2.24, 2.45) is 5.90 Å². The number of rotatable bonds is 8. The maximum atomic E-state index is 9.36. The molecule has 0 amide bonds. The second kappa shape index (κ2) is 54.1. The Bertz CT molecular complexity index is 386. The number of hydrogen-bond acceptors (Lipinski definition) is 13. The van der Waals surface area contributed by atoms with Crippen LogP contribution in [0.3, 0.4) is 0 Å². The van der Waals surface area contributed by atoms with Gasteiger partial charge in [-0.2, -0.15) is 0 Å². The van der Waals surface area contributed by atoms with E-state index in [4.69, 9.17) is 25.8 Å². The van der Waals surface area contributed by atoms with Crippen LogP contribution in [-0.4, -0.2) is 66.2 Å². The molecular formula is C16H36N5O8Re4-5. The summed E-state index contributed by atoms with van der Waals surface area (Å²) in [6, 6.07) is -0.181. The largest absolute Gasteiger partial charge is 0.870 e. The smallest absolute Gasteiger partial charge is 0 e. The van der Waals surface area contributed by atoms with Gasteiger partial charge in [0, 0.05) is 81.7 Å². The summed E-state index contributed by atoms with van der Waals surface area (Å²) in [4.78, 5) is 9.36. The fourth-order valence-corrected chi connectivity index (χ4v) is 0.727. The molecule has 1 aromatic rings. The molecule has 206 valence electrons. The zero-order valence-corrected chi connectivity index (χ0v) is 29.7. The molecule has 0 spiro atoms. The van der Waals surface area contributed by atoms with Crippen LogP contribution in [0, 0.1) is 19.7 Å². The molecule has 1 rings (SSSR count). The average Bonchev–Trinajstić information content (AvgIpc) is 3.28. The minimum atomic E-state index is -0.870. The minimum absolute atomic E-state index is 0. The van der Waals surface area contributed by atoms with Crippen LogP contribution in [-0.2, 0) is 92.9 Å². The molecule has 0 aliphatic carbocycles. The Kier molecular flexibility index (Phi) is 97.3. The van der Waals surface area contributed by atoms with E-state index in [1.165, 1.54) is 12.8 Å². The Morgan fingerprint density at radius 2 is 1.55 bits per heavy atom. The Balaban J connectivity index is -0.0000000312. The van der Waals surface area contributed by atoms with Gasteiger partial charge in [0.05, 0.1) is 0 Å². The van der Waals surface area contributed by atoms with Crippen LogP contribution in [0.1, 0.15) is 52.7 Å². The third kappa shape index (κ3) is 60.0. The summed E-state index contributed by atoms with van der Waals surface area (Å²) in [7, 11) is 0. The number of nitrogens with two attached hydrogens (primary N) is 1. The summed E-state index contributed by atoms with van der Waals surface area (Å²) < 4.78 is 4.25. The number of aromatic nitrogens is 2. The molecule has 1 heterocycles. The number of hydrogen-bond donors (Lipinski definition) is 8. The first-order chi connectivity index (χ1) is 13.4. The van der Waals surface area contributed by atoms with Crippen molar-refractivity contribution in [2.45, 2.75) is 71.6 Å². The third-order valence-corrected chi connectivity index (χ3v) is 2.58. The summed E-state index contributed by atoms with van der Waals surface area (Å²) >= 11 is 0. The van der Waals surface area contributed by atoms with E-state index in [1.54, 1.807) is 6.92 Å². The fourth-order valence-electron chi connectivity index (χ4n) is 0.727. The maximum absolute atomic E-state index is 9.36. The fraction of sp³-hybridized carbons (Fsp3) is 0.688. The van der Waals surface area contributed by atoms with E-state index in [2.05, 4.69) is 34.0 Å². The van der Waals surface area contributed by atoms with E-state index < -0.39 is 6.10 Å². The molecule has 0 aliphatic heterocycles. The van der Waals surface area contributed by atoms with Gasteiger partial charge < -0.3 is 48.5 Å². The standard InChI is InChI=1S/C4H11N2O2.C4H5N2O.C4H7O2.C4H9O.H3NO.H2O.4Re/c1-2-4(6-8)3-5-7;1-2-4-3-5-7-6-4;1-2-4(6)3-5;1-3-4(2)5;1-2;;;;;/h3-8H,2H2,1H3;2H2,1H3;4,6H,2H2,1H3;4-5H,2-3H2,1H3;2H,1H2;1H2;;;;/q4*-1;;;;;;/p-1/t4-;;2*4-;;;;;;/m1.10....../s1. The van der Waals surface area contributed by atoms with Crippen molar-refractivity contribution in [1.29, 1.82) is 0 Å². The molecule has 0 aromatic carbocycles. The number of carbonyl (C=O) groups excluding carboxylic acids is 1. The van der Waals surface area contributed by atoms with Gasteiger partial charge in [-0.05, 0) is 12.5 Å². The Hall–Kier alpha value is 1.10. The molecule has 0 saturated heterocycles.